The largest absolute Gasteiger partial charge is 0.207 e. The van der Waals surface area contributed by atoms with Crippen molar-refractivity contribution in [2.45, 2.75) is 4.90 Å². The summed E-state index contributed by atoms with van der Waals surface area (Å²) < 4.78 is 12.8. The molecule has 0 fully saturated rings. The molecule has 0 radical (unpaired) electrons. The fourth-order valence-electron chi connectivity index (χ4n) is 1.49. The Morgan fingerprint density at radius 3 is 2.19 bits per heavy atom. The zero-order valence-electron chi connectivity index (χ0n) is 8.71. The highest BCUT2D eigenvalue weighted by Crippen LogP contribution is 2.30. The minimum absolute atomic E-state index is 0.226. The van der Waals surface area contributed by atoms with Gasteiger partial charge < -0.3 is 0 Å². The minimum Gasteiger partial charge on any atom is -0.207 e. The molecule has 0 saturated heterocycles. The molecule has 0 aliphatic rings. The molecule has 0 unspecified atom stereocenters. The van der Waals surface area contributed by atoms with Crippen LogP contribution in [0.3, 0.4) is 0 Å². The van der Waals surface area contributed by atoms with Crippen LogP contribution in [-0.2, 0) is 0 Å². The van der Waals surface area contributed by atoms with Crippen molar-refractivity contribution in [3.05, 3.63) is 53.3 Å². The lowest BCUT2D eigenvalue weighted by atomic mass is 10.1. The van der Waals surface area contributed by atoms with Gasteiger partial charge in [0, 0.05) is 4.90 Å². The van der Waals surface area contributed by atoms with Crippen LogP contribution in [0.15, 0.2) is 47.4 Å². The lowest BCUT2D eigenvalue weighted by molar-refractivity contribution is 0.628. The number of halogens is 2. The standard InChI is InChI=1S/C13H10ClFS/c1-16-13-7-4-10(8-12(13)14)9-2-5-11(15)6-3-9/h2-8H,1H3. The number of hydrogen-bond donors (Lipinski definition) is 0. The Morgan fingerprint density at radius 1 is 1.00 bits per heavy atom. The molecule has 2 aromatic carbocycles. The number of benzene rings is 2. The van der Waals surface area contributed by atoms with Gasteiger partial charge in [0.15, 0.2) is 0 Å². The summed E-state index contributed by atoms with van der Waals surface area (Å²) >= 11 is 7.73. The van der Waals surface area contributed by atoms with Gasteiger partial charge in [0.05, 0.1) is 5.02 Å². The molecule has 0 saturated carbocycles. The van der Waals surface area contributed by atoms with Gasteiger partial charge in [-0.2, -0.15) is 0 Å². The van der Waals surface area contributed by atoms with E-state index in [1.54, 1.807) is 23.9 Å². The molecule has 0 aliphatic carbocycles. The Balaban J connectivity index is 2.41. The van der Waals surface area contributed by atoms with E-state index in [9.17, 15) is 4.39 Å². The molecule has 0 heterocycles. The molecule has 0 bridgehead atoms. The zero-order chi connectivity index (χ0) is 11.5. The van der Waals surface area contributed by atoms with E-state index in [2.05, 4.69) is 0 Å². The van der Waals surface area contributed by atoms with E-state index in [0.29, 0.717) is 0 Å². The second-order valence-corrected chi connectivity index (χ2v) is 4.61. The van der Waals surface area contributed by atoms with Crippen molar-refractivity contribution in [2.24, 2.45) is 0 Å². The van der Waals surface area contributed by atoms with Crippen molar-refractivity contribution in [3.8, 4) is 11.1 Å². The molecular formula is C13H10ClFS. The first kappa shape index (κ1) is 11.5. The first-order valence-electron chi connectivity index (χ1n) is 4.80. The highest BCUT2D eigenvalue weighted by atomic mass is 35.5. The summed E-state index contributed by atoms with van der Waals surface area (Å²) in [5.74, 6) is -0.226. The van der Waals surface area contributed by atoms with Gasteiger partial charge in [-0.3, -0.25) is 0 Å². The zero-order valence-corrected chi connectivity index (χ0v) is 10.3. The summed E-state index contributed by atoms with van der Waals surface area (Å²) in [6, 6.07) is 12.3. The van der Waals surface area contributed by atoms with Gasteiger partial charge >= 0.3 is 0 Å². The van der Waals surface area contributed by atoms with Crippen molar-refractivity contribution in [1.82, 2.24) is 0 Å². The maximum atomic E-state index is 12.8. The van der Waals surface area contributed by atoms with Gasteiger partial charge in [0.2, 0.25) is 0 Å². The molecule has 0 aromatic heterocycles. The van der Waals surface area contributed by atoms with Gasteiger partial charge in [-0.05, 0) is 41.6 Å². The van der Waals surface area contributed by atoms with Gasteiger partial charge in [0.1, 0.15) is 5.82 Å². The molecule has 16 heavy (non-hydrogen) atoms. The van der Waals surface area contributed by atoms with Gasteiger partial charge in [-0.25, -0.2) is 4.39 Å². The van der Waals surface area contributed by atoms with Crippen molar-refractivity contribution in [1.29, 1.82) is 0 Å². The summed E-state index contributed by atoms with van der Waals surface area (Å²) in [4.78, 5) is 1.05. The highest BCUT2D eigenvalue weighted by Gasteiger charge is 2.02. The monoisotopic (exact) mass is 252 g/mol. The molecule has 0 atom stereocenters. The van der Waals surface area contributed by atoms with Crippen LogP contribution < -0.4 is 0 Å². The number of hydrogen-bond acceptors (Lipinski definition) is 1. The molecule has 3 heteroatoms. The lowest BCUT2D eigenvalue weighted by Crippen LogP contribution is -1.80. The van der Waals surface area contributed by atoms with Gasteiger partial charge in [-0.15, -0.1) is 11.8 Å². The molecule has 2 rings (SSSR count). The van der Waals surface area contributed by atoms with Crippen LogP contribution in [-0.4, -0.2) is 6.26 Å². The lowest BCUT2D eigenvalue weighted by Gasteiger charge is -2.05. The molecule has 0 amide bonds. The fourth-order valence-corrected chi connectivity index (χ4v) is 2.36. The van der Waals surface area contributed by atoms with Crippen LogP contribution in [0.25, 0.3) is 11.1 Å². The predicted octanol–water partition coefficient (Wildman–Crippen LogP) is 4.87. The topological polar surface area (TPSA) is 0 Å². The average molecular weight is 253 g/mol. The second-order valence-electron chi connectivity index (χ2n) is 3.36. The fraction of sp³-hybridized carbons (Fsp3) is 0.0769. The third-order valence-corrected chi connectivity index (χ3v) is 3.55. The van der Waals surface area contributed by atoms with Crippen LogP contribution in [0.1, 0.15) is 0 Å². The molecule has 2 aromatic rings. The summed E-state index contributed by atoms with van der Waals surface area (Å²) in [5, 5.41) is 0.731. The normalized spacial score (nSPS) is 10.4. The van der Waals surface area contributed by atoms with Crippen LogP contribution in [0.2, 0.25) is 5.02 Å². The second kappa shape index (κ2) is 4.89. The predicted molar refractivity (Wildman–Crippen MR) is 68.6 cm³/mol. The average Bonchev–Trinajstić information content (AvgIpc) is 2.30. The molecule has 82 valence electrons. The molecule has 0 spiro atoms. The molecule has 0 aliphatic heterocycles. The van der Waals surface area contributed by atoms with E-state index in [1.165, 1.54) is 12.1 Å². The third kappa shape index (κ3) is 2.39. The quantitative estimate of drug-likeness (QED) is 0.688. The van der Waals surface area contributed by atoms with E-state index < -0.39 is 0 Å². The summed E-state index contributed by atoms with van der Waals surface area (Å²) in [6.45, 7) is 0. The van der Waals surface area contributed by atoms with Crippen molar-refractivity contribution < 1.29 is 4.39 Å². The van der Waals surface area contributed by atoms with Crippen LogP contribution in [0, 0.1) is 5.82 Å². The Morgan fingerprint density at radius 2 is 1.62 bits per heavy atom. The summed E-state index contributed by atoms with van der Waals surface area (Å²) in [7, 11) is 0. The molecular weight excluding hydrogens is 243 g/mol. The maximum absolute atomic E-state index is 12.8. The highest BCUT2D eigenvalue weighted by molar-refractivity contribution is 7.98. The Hall–Kier alpha value is -0.990. The van der Waals surface area contributed by atoms with E-state index in [1.807, 2.05) is 24.5 Å². The van der Waals surface area contributed by atoms with E-state index in [4.69, 9.17) is 11.6 Å². The van der Waals surface area contributed by atoms with Crippen molar-refractivity contribution in [3.63, 3.8) is 0 Å². The van der Waals surface area contributed by atoms with Gasteiger partial charge in [0.25, 0.3) is 0 Å². The number of rotatable bonds is 2. The SMILES string of the molecule is CSc1ccc(-c2ccc(F)cc2)cc1Cl. The van der Waals surface area contributed by atoms with Crippen LogP contribution in [0.4, 0.5) is 4.39 Å². The van der Waals surface area contributed by atoms with E-state index in [0.717, 1.165) is 21.0 Å². The van der Waals surface area contributed by atoms with E-state index in [-0.39, 0.29) is 5.82 Å². The third-order valence-electron chi connectivity index (χ3n) is 2.33. The summed E-state index contributed by atoms with van der Waals surface area (Å²) in [5.41, 5.74) is 1.97. The van der Waals surface area contributed by atoms with Crippen molar-refractivity contribution >= 4 is 23.4 Å². The Bertz CT molecular complexity index is 494. The van der Waals surface area contributed by atoms with Crippen molar-refractivity contribution in [2.75, 3.05) is 6.26 Å². The number of thioether (sulfide) groups is 1. The summed E-state index contributed by atoms with van der Waals surface area (Å²) in [6.07, 6.45) is 1.98. The molecule has 0 N–H and O–H groups in total. The Kier molecular flexibility index (Phi) is 3.52. The van der Waals surface area contributed by atoms with E-state index >= 15 is 0 Å². The smallest absolute Gasteiger partial charge is 0.123 e. The first-order valence-corrected chi connectivity index (χ1v) is 6.40. The molecule has 0 nitrogen and oxygen atoms in total. The van der Waals surface area contributed by atoms with Gasteiger partial charge in [-0.1, -0.05) is 29.8 Å². The first-order chi connectivity index (χ1) is 7.70. The minimum atomic E-state index is -0.226. The van der Waals surface area contributed by atoms with Crippen LogP contribution >= 0.6 is 23.4 Å². The maximum Gasteiger partial charge on any atom is 0.123 e. The Labute approximate surface area is 103 Å². The van der Waals surface area contributed by atoms with Crippen LogP contribution in [0.5, 0.6) is 0 Å².